The summed E-state index contributed by atoms with van der Waals surface area (Å²) < 4.78 is 39.8. The predicted octanol–water partition coefficient (Wildman–Crippen LogP) is 3.88. The van der Waals surface area contributed by atoms with Crippen molar-refractivity contribution in [2.24, 2.45) is 0 Å². The Morgan fingerprint density at radius 3 is 2.23 bits per heavy atom. The van der Waals surface area contributed by atoms with Crippen LogP contribution in [-0.2, 0) is 13.2 Å². The molecule has 2 rings (SSSR count). The molecule has 0 spiro atoms. The summed E-state index contributed by atoms with van der Waals surface area (Å²) in [7, 11) is 0. The van der Waals surface area contributed by atoms with Crippen molar-refractivity contribution in [3.8, 4) is 0 Å². The fourth-order valence-corrected chi connectivity index (χ4v) is 2.25. The number of benzene rings is 2. The number of rotatable bonds is 5. The van der Waals surface area contributed by atoms with Crippen LogP contribution in [0, 0.1) is 6.92 Å². The average molecular weight is 309 g/mol. The van der Waals surface area contributed by atoms with Crippen molar-refractivity contribution in [3.63, 3.8) is 0 Å². The minimum Gasteiger partial charge on any atom is -0.392 e. The van der Waals surface area contributed by atoms with Gasteiger partial charge in [0.2, 0.25) is 0 Å². The molecule has 0 saturated carbocycles. The number of alkyl halides is 3. The number of aryl methyl sites for hydroxylation is 1. The van der Waals surface area contributed by atoms with E-state index < -0.39 is 12.2 Å². The Balaban J connectivity index is 2.13. The Kier molecular flexibility index (Phi) is 5.21. The van der Waals surface area contributed by atoms with E-state index in [4.69, 9.17) is 5.11 Å². The van der Waals surface area contributed by atoms with Crippen molar-refractivity contribution in [2.75, 3.05) is 0 Å². The molecule has 0 bridgehead atoms. The molecule has 0 heterocycles. The summed E-state index contributed by atoms with van der Waals surface area (Å²) in [5.41, 5.74) is 2.47. The lowest BCUT2D eigenvalue weighted by Crippen LogP contribution is -2.33. The fraction of sp³-hybridized carbons (Fsp3) is 0.294. The normalized spacial score (nSPS) is 13.1. The van der Waals surface area contributed by atoms with E-state index in [1.54, 1.807) is 49.4 Å². The molecule has 0 aromatic heterocycles. The molecule has 2 N–H and O–H groups in total. The number of hydrogen-bond donors (Lipinski definition) is 2. The molecule has 2 nitrogen and oxygen atoms in total. The van der Waals surface area contributed by atoms with Gasteiger partial charge in [-0.2, -0.15) is 13.2 Å². The maximum Gasteiger partial charge on any atom is 0.407 e. The van der Waals surface area contributed by atoms with E-state index in [-0.39, 0.29) is 18.7 Å². The highest BCUT2D eigenvalue weighted by atomic mass is 19.4. The summed E-state index contributed by atoms with van der Waals surface area (Å²) in [6.07, 6.45) is -4.36. The topological polar surface area (TPSA) is 32.3 Å². The predicted molar refractivity (Wildman–Crippen MR) is 79.2 cm³/mol. The maximum absolute atomic E-state index is 13.3. The van der Waals surface area contributed by atoms with Gasteiger partial charge in [-0.25, -0.2) is 0 Å². The van der Waals surface area contributed by atoms with Gasteiger partial charge >= 0.3 is 6.18 Å². The molecule has 2 aromatic rings. The van der Waals surface area contributed by atoms with Crippen LogP contribution in [0.5, 0.6) is 0 Å². The van der Waals surface area contributed by atoms with Crippen molar-refractivity contribution < 1.29 is 18.3 Å². The highest BCUT2D eigenvalue weighted by Gasteiger charge is 2.40. The van der Waals surface area contributed by atoms with Crippen LogP contribution in [-0.4, -0.2) is 11.3 Å². The summed E-state index contributed by atoms with van der Waals surface area (Å²) >= 11 is 0. The lowest BCUT2D eigenvalue weighted by molar-refractivity contribution is -0.158. The lowest BCUT2D eigenvalue weighted by atomic mass is 10.0. The van der Waals surface area contributed by atoms with Gasteiger partial charge in [0.05, 0.1) is 6.61 Å². The smallest absolute Gasteiger partial charge is 0.392 e. The van der Waals surface area contributed by atoms with Gasteiger partial charge in [-0.1, -0.05) is 54.1 Å². The van der Waals surface area contributed by atoms with Gasteiger partial charge in [0.1, 0.15) is 6.04 Å². The quantitative estimate of drug-likeness (QED) is 0.878. The first-order valence-electron chi connectivity index (χ1n) is 6.95. The van der Waals surface area contributed by atoms with Gasteiger partial charge < -0.3 is 5.11 Å². The highest BCUT2D eigenvalue weighted by molar-refractivity contribution is 5.27. The molecule has 1 unspecified atom stereocenters. The molecule has 0 aliphatic heterocycles. The average Bonchev–Trinajstić information content (AvgIpc) is 2.47. The lowest BCUT2D eigenvalue weighted by Gasteiger charge is -2.22. The number of halogens is 3. The van der Waals surface area contributed by atoms with Gasteiger partial charge in [0.15, 0.2) is 0 Å². The molecule has 0 aliphatic carbocycles. The second kappa shape index (κ2) is 6.94. The largest absolute Gasteiger partial charge is 0.407 e. The number of aliphatic hydroxyl groups is 1. The third-order valence-electron chi connectivity index (χ3n) is 3.42. The molecule has 22 heavy (non-hydrogen) atoms. The summed E-state index contributed by atoms with van der Waals surface area (Å²) in [6, 6.07) is 11.5. The van der Waals surface area contributed by atoms with Crippen molar-refractivity contribution in [1.29, 1.82) is 0 Å². The van der Waals surface area contributed by atoms with Crippen LogP contribution in [0.15, 0.2) is 48.5 Å². The summed E-state index contributed by atoms with van der Waals surface area (Å²) in [5.74, 6) is 0. The third-order valence-corrected chi connectivity index (χ3v) is 3.42. The molecule has 0 radical (unpaired) electrons. The maximum atomic E-state index is 13.3. The van der Waals surface area contributed by atoms with Crippen molar-refractivity contribution in [1.82, 2.24) is 5.32 Å². The van der Waals surface area contributed by atoms with E-state index in [9.17, 15) is 13.2 Å². The Labute approximate surface area is 127 Å². The van der Waals surface area contributed by atoms with Gasteiger partial charge in [-0.3, -0.25) is 5.32 Å². The molecule has 2 aromatic carbocycles. The Bertz CT molecular complexity index is 608. The molecule has 118 valence electrons. The standard InChI is InChI=1S/C17H18F3NO/c1-12-3-2-4-15(9-12)16(17(18,19)20)21-10-13-5-7-14(11-22)8-6-13/h2-9,16,21-22H,10-11H2,1H3. The number of nitrogens with one attached hydrogen (secondary N) is 1. The molecule has 0 fully saturated rings. The summed E-state index contributed by atoms with van der Waals surface area (Å²) in [5, 5.41) is 11.5. The van der Waals surface area contributed by atoms with Crippen molar-refractivity contribution >= 4 is 0 Å². The van der Waals surface area contributed by atoms with Crippen LogP contribution in [0.2, 0.25) is 0 Å². The first kappa shape index (κ1) is 16.5. The van der Waals surface area contributed by atoms with E-state index in [2.05, 4.69) is 5.32 Å². The molecule has 0 amide bonds. The molecule has 5 heteroatoms. The minimum absolute atomic E-state index is 0.0812. The second-order valence-electron chi connectivity index (χ2n) is 5.24. The minimum atomic E-state index is -4.36. The number of hydrogen-bond acceptors (Lipinski definition) is 2. The first-order valence-corrected chi connectivity index (χ1v) is 6.95. The molecule has 0 aliphatic rings. The fourth-order valence-electron chi connectivity index (χ4n) is 2.25. The van der Waals surface area contributed by atoms with Crippen LogP contribution >= 0.6 is 0 Å². The highest BCUT2D eigenvalue weighted by Crippen LogP contribution is 2.33. The molecular formula is C17H18F3NO. The van der Waals surface area contributed by atoms with Crippen molar-refractivity contribution in [2.45, 2.75) is 32.3 Å². The van der Waals surface area contributed by atoms with Crippen LogP contribution in [0.3, 0.4) is 0 Å². The van der Waals surface area contributed by atoms with E-state index in [0.29, 0.717) is 0 Å². The Morgan fingerprint density at radius 1 is 1.05 bits per heavy atom. The van der Waals surface area contributed by atoms with Gasteiger partial charge in [0.25, 0.3) is 0 Å². The Hall–Kier alpha value is -1.85. The van der Waals surface area contributed by atoms with E-state index >= 15 is 0 Å². The zero-order valence-corrected chi connectivity index (χ0v) is 12.2. The zero-order valence-electron chi connectivity index (χ0n) is 12.2. The molecule has 0 saturated heterocycles. The Morgan fingerprint density at radius 2 is 1.68 bits per heavy atom. The SMILES string of the molecule is Cc1cccc(C(NCc2ccc(CO)cc2)C(F)(F)F)c1. The first-order chi connectivity index (χ1) is 10.4. The molecule has 1 atom stereocenters. The summed E-state index contributed by atoms with van der Waals surface area (Å²) in [4.78, 5) is 0. The van der Waals surface area contributed by atoms with Crippen LogP contribution in [0.4, 0.5) is 13.2 Å². The van der Waals surface area contributed by atoms with E-state index in [0.717, 1.165) is 16.7 Å². The monoisotopic (exact) mass is 309 g/mol. The third kappa shape index (κ3) is 4.32. The molecular weight excluding hydrogens is 291 g/mol. The van der Waals surface area contributed by atoms with Gasteiger partial charge in [0, 0.05) is 6.54 Å². The van der Waals surface area contributed by atoms with Crippen molar-refractivity contribution in [3.05, 3.63) is 70.8 Å². The van der Waals surface area contributed by atoms with Crippen LogP contribution < -0.4 is 5.32 Å². The number of aliphatic hydroxyl groups excluding tert-OH is 1. The van der Waals surface area contributed by atoms with Crippen LogP contribution in [0.25, 0.3) is 0 Å². The second-order valence-corrected chi connectivity index (χ2v) is 5.24. The van der Waals surface area contributed by atoms with E-state index in [1.807, 2.05) is 0 Å². The zero-order chi connectivity index (χ0) is 16.2. The van der Waals surface area contributed by atoms with Gasteiger partial charge in [-0.15, -0.1) is 0 Å². The van der Waals surface area contributed by atoms with Crippen LogP contribution in [0.1, 0.15) is 28.3 Å². The summed E-state index contributed by atoms with van der Waals surface area (Å²) in [6.45, 7) is 1.79. The van der Waals surface area contributed by atoms with Gasteiger partial charge in [-0.05, 0) is 23.6 Å². The van der Waals surface area contributed by atoms with E-state index in [1.165, 1.54) is 6.07 Å².